The monoisotopic (exact) mass is 247 g/mol. The van der Waals surface area contributed by atoms with Crippen LogP contribution >= 0.6 is 0 Å². The largest absolute Gasteiger partial charge is 0.508 e. The second-order valence-electron chi connectivity index (χ2n) is 3.66. The van der Waals surface area contributed by atoms with E-state index in [-0.39, 0.29) is 23.0 Å². The molecule has 1 aromatic heterocycles. The molecule has 0 amide bonds. The van der Waals surface area contributed by atoms with Crippen LogP contribution in [0.3, 0.4) is 0 Å². The van der Waals surface area contributed by atoms with Crippen LogP contribution in [0.15, 0.2) is 30.3 Å². The van der Waals surface area contributed by atoms with Gasteiger partial charge < -0.3 is 15.6 Å². The van der Waals surface area contributed by atoms with Crippen LogP contribution in [0.5, 0.6) is 11.5 Å². The fraction of sp³-hybridized carbons (Fsp3) is 0.167. The third-order valence-corrected chi connectivity index (χ3v) is 2.34. The van der Waals surface area contributed by atoms with Gasteiger partial charge in [-0.05, 0) is 19.1 Å². The summed E-state index contributed by atoms with van der Waals surface area (Å²) in [6.45, 7) is 2.36. The van der Waals surface area contributed by atoms with Crippen molar-refractivity contribution >= 4 is 11.8 Å². The van der Waals surface area contributed by atoms with Gasteiger partial charge >= 0.3 is 5.97 Å². The molecule has 0 aliphatic carbocycles. The van der Waals surface area contributed by atoms with E-state index in [2.05, 4.69) is 5.10 Å². The molecule has 0 atom stereocenters. The number of aromatic hydroxyl groups is 1. The van der Waals surface area contributed by atoms with Gasteiger partial charge in [-0.3, -0.25) is 4.68 Å². The third-order valence-electron chi connectivity index (χ3n) is 2.34. The SMILES string of the molecule is CCn1nc(N)cc1C(=O)Oc1cccc(O)c1. The Kier molecular flexibility index (Phi) is 3.18. The number of esters is 1. The summed E-state index contributed by atoms with van der Waals surface area (Å²) >= 11 is 0. The molecule has 1 aromatic carbocycles. The number of nitrogen functional groups attached to an aromatic ring is 1. The highest BCUT2D eigenvalue weighted by atomic mass is 16.5. The molecule has 0 radical (unpaired) electrons. The number of rotatable bonds is 3. The van der Waals surface area contributed by atoms with E-state index >= 15 is 0 Å². The maximum absolute atomic E-state index is 11.9. The number of hydrogen-bond donors (Lipinski definition) is 2. The number of phenols is 1. The Balaban J connectivity index is 2.21. The van der Waals surface area contributed by atoms with Crippen molar-refractivity contribution < 1.29 is 14.6 Å². The lowest BCUT2D eigenvalue weighted by molar-refractivity contribution is 0.0721. The van der Waals surface area contributed by atoms with Crippen molar-refractivity contribution in [3.05, 3.63) is 36.0 Å². The van der Waals surface area contributed by atoms with Crippen molar-refractivity contribution in [3.8, 4) is 11.5 Å². The van der Waals surface area contributed by atoms with E-state index in [0.29, 0.717) is 6.54 Å². The van der Waals surface area contributed by atoms with Crippen LogP contribution in [0.4, 0.5) is 5.82 Å². The molecule has 0 fully saturated rings. The molecular weight excluding hydrogens is 234 g/mol. The van der Waals surface area contributed by atoms with Crippen molar-refractivity contribution in [2.75, 3.05) is 5.73 Å². The lowest BCUT2D eigenvalue weighted by Crippen LogP contribution is -2.14. The van der Waals surface area contributed by atoms with Gasteiger partial charge in [0.15, 0.2) is 0 Å². The number of ether oxygens (including phenoxy) is 1. The first kappa shape index (κ1) is 12.0. The molecule has 0 spiro atoms. The number of hydrogen-bond acceptors (Lipinski definition) is 5. The normalized spacial score (nSPS) is 10.3. The van der Waals surface area contributed by atoms with E-state index in [0.717, 1.165) is 0 Å². The fourth-order valence-electron chi connectivity index (χ4n) is 1.55. The van der Waals surface area contributed by atoms with Crippen LogP contribution in [0.25, 0.3) is 0 Å². The average molecular weight is 247 g/mol. The van der Waals surface area contributed by atoms with E-state index in [9.17, 15) is 9.90 Å². The molecule has 0 unspecified atom stereocenters. The highest BCUT2D eigenvalue weighted by Crippen LogP contribution is 2.19. The van der Waals surface area contributed by atoms with Crippen LogP contribution in [0, 0.1) is 0 Å². The van der Waals surface area contributed by atoms with Crippen LogP contribution in [0.2, 0.25) is 0 Å². The third kappa shape index (κ3) is 2.42. The predicted molar refractivity (Wildman–Crippen MR) is 65.4 cm³/mol. The molecular formula is C12H13N3O3. The van der Waals surface area contributed by atoms with E-state index in [1.807, 2.05) is 6.92 Å². The summed E-state index contributed by atoms with van der Waals surface area (Å²) in [5.74, 6) is -0.00223. The molecule has 0 bridgehead atoms. The maximum Gasteiger partial charge on any atom is 0.362 e. The Labute approximate surface area is 104 Å². The van der Waals surface area contributed by atoms with Crippen molar-refractivity contribution in [1.29, 1.82) is 0 Å². The number of aryl methyl sites for hydroxylation is 1. The Hall–Kier alpha value is -2.50. The highest BCUT2D eigenvalue weighted by Gasteiger charge is 2.15. The summed E-state index contributed by atoms with van der Waals surface area (Å²) in [6, 6.07) is 7.46. The minimum absolute atomic E-state index is 0.0313. The average Bonchev–Trinajstić information content (AvgIpc) is 2.70. The molecule has 2 aromatic rings. The van der Waals surface area contributed by atoms with Gasteiger partial charge in [0, 0.05) is 18.7 Å². The first-order valence-corrected chi connectivity index (χ1v) is 5.44. The van der Waals surface area contributed by atoms with Crippen LogP contribution < -0.4 is 10.5 Å². The van der Waals surface area contributed by atoms with Gasteiger partial charge in [-0.25, -0.2) is 4.79 Å². The fourth-order valence-corrected chi connectivity index (χ4v) is 1.55. The van der Waals surface area contributed by atoms with E-state index in [1.54, 1.807) is 12.1 Å². The summed E-state index contributed by atoms with van der Waals surface area (Å²) in [5, 5.41) is 13.2. The van der Waals surface area contributed by atoms with Gasteiger partial charge in [0.25, 0.3) is 0 Å². The summed E-state index contributed by atoms with van der Waals surface area (Å²) in [5.41, 5.74) is 5.81. The van der Waals surface area contributed by atoms with E-state index < -0.39 is 5.97 Å². The number of anilines is 1. The van der Waals surface area contributed by atoms with Gasteiger partial charge in [0.05, 0.1) is 0 Å². The maximum atomic E-state index is 11.9. The molecule has 0 aliphatic rings. The first-order chi connectivity index (χ1) is 8.60. The van der Waals surface area contributed by atoms with Gasteiger partial charge in [0.1, 0.15) is 23.0 Å². The van der Waals surface area contributed by atoms with E-state index in [1.165, 1.54) is 22.9 Å². The second-order valence-corrected chi connectivity index (χ2v) is 3.66. The zero-order valence-corrected chi connectivity index (χ0v) is 9.83. The quantitative estimate of drug-likeness (QED) is 0.632. The minimum Gasteiger partial charge on any atom is -0.508 e. The van der Waals surface area contributed by atoms with Gasteiger partial charge in [-0.15, -0.1) is 0 Å². The van der Waals surface area contributed by atoms with Crippen molar-refractivity contribution in [2.45, 2.75) is 13.5 Å². The Morgan fingerprint density at radius 2 is 2.28 bits per heavy atom. The molecule has 0 aliphatic heterocycles. The molecule has 6 nitrogen and oxygen atoms in total. The molecule has 1 heterocycles. The van der Waals surface area contributed by atoms with Crippen LogP contribution in [0.1, 0.15) is 17.4 Å². The molecule has 94 valence electrons. The number of aromatic nitrogens is 2. The Morgan fingerprint density at radius 3 is 2.94 bits per heavy atom. The molecule has 18 heavy (non-hydrogen) atoms. The topological polar surface area (TPSA) is 90.4 Å². The van der Waals surface area contributed by atoms with Gasteiger partial charge in [-0.2, -0.15) is 5.10 Å². The summed E-state index contributed by atoms with van der Waals surface area (Å²) in [4.78, 5) is 11.9. The van der Waals surface area contributed by atoms with Gasteiger partial charge in [-0.1, -0.05) is 6.07 Å². The van der Waals surface area contributed by atoms with Crippen LogP contribution in [-0.4, -0.2) is 20.9 Å². The summed E-state index contributed by atoms with van der Waals surface area (Å²) in [6.07, 6.45) is 0. The molecule has 3 N–H and O–H groups in total. The van der Waals surface area contributed by atoms with Crippen molar-refractivity contribution in [1.82, 2.24) is 9.78 Å². The van der Waals surface area contributed by atoms with Gasteiger partial charge in [0.2, 0.25) is 0 Å². The first-order valence-electron chi connectivity index (χ1n) is 5.44. The predicted octanol–water partition coefficient (Wildman–Crippen LogP) is 1.41. The Morgan fingerprint density at radius 1 is 1.50 bits per heavy atom. The number of phenolic OH excluding ortho intramolecular Hbond substituents is 1. The number of benzene rings is 1. The molecule has 0 saturated carbocycles. The smallest absolute Gasteiger partial charge is 0.362 e. The highest BCUT2D eigenvalue weighted by molar-refractivity contribution is 5.90. The summed E-state index contributed by atoms with van der Waals surface area (Å²) in [7, 11) is 0. The van der Waals surface area contributed by atoms with Crippen molar-refractivity contribution in [3.63, 3.8) is 0 Å². The van der Waals surface area contributed by atoms with E-state index in [4.69, 9.17) is 10.5 Å². The zero-order chi connectivity index (χ0) is 13.1. The Bertz CT molecular complexity index is 578. The molecule has 6 heteroatoms. The number of carbonyl (C=O) groups is 1. The van der Waals surface area contributed by atoms with Crippen molar-refractivity contribution in [2.24, 2.45) is 0 Å². The minimum atomic E-state index is -0.563. The number of nitrogens with zero attached hydrogens (tertiary/aromatic N) is 2. The molecule has 2 rings (SSSR count). The number of nitrogens with two attached hydrogens (primary N) is 1. The van der Waals surface area contributed by atoms with Crippen LogP contribution in [-0.2, 0) is 6.54 Å². The standard InChI is InChI=1S/C12H13N3O3/c1-2-15-10(7-11(13)14-15)12(17)18-9-5-3-4-8(16)6-9/h3-7,16H,2H2,1H3,(H2,13,14). The summed E-state index contributed by atoms with van der Waals surface area (Å²) < 4.78 is 6.58. The second kappa shape index (κ2) is 4.79. The lowest BCUT2D eigenvalue weighted by Gasteiger charge is -2.05. The molecule has 0 saturated heterocycles. The number of carbonyl (C=O) groups excluding carboxylic acids is 1. The zero-order valence-electron chi connectivity index (χ0n) is 9.83. The lowest BCUT2D eigenvalue weighted by atomic mass is 10.3.